The Labute approximate surface area is 284 Å². The van der Waals surface area contributed by atoms with Gasteiger partial charge in [0.1, 0.15) is 11.3 Å². The summed E-state index contributed by atoms with van der Waals surface area (Å²) in [6.45, 7) is 1.98. The second kappa shape index (κ2) is 11.7. The molecule has 0 saturated carbocycles. The molecule has 5 nitrogen and oxygen atoms in total. The molecular formula is C44H32N4O. The van der Waals surface area contributed by atoms with Crippen molar-refractivity contribution in [1.82, 2.24) is 15.0 Å². The zero-order chi connectivity index (χ0) is 32.9. The van der Waals surface area contributed by atoms with Gasteiger partial charge in [0.15, 0.2) is 17.5 Å². The van der Waals surface area contributed by atoms with Crippen LogP contribution in [0.3, 0.4) is 0 Å². The lowest BCUT2D eigenvalue weighted by atomic mass is 9.93. The number of aromatic nitrogens is 3. The standard InChI is InChI=1S/C44H32N4O/c1-27-34(23-24-45)39-20-18-32-26-31(17-19-36(32)41(39)49-27)35-21-22-40(38-14-8-7-13-37(35)38)44-47-42(29-10-3-2-4-11-29)46-43(48-44)33-16-15-28-9-5-6-12-30(28)25-33/h2-5,7-11,13-26H,6,12,45H2,1H3/b24-23-. The molecule has 1 aliphatic rings. The van der Waals surface area contributed by atoms with Crippen LogP contribution in [0.4, 0.5) is 0 Å². The smallest absolute Gasteiger partial charge is 0.164 e. The molecule has 6 aromatic carbocycles. The molecule has 0 aliphatic heterocycles. The number of hydrogen-bond donors (Lipinski definition) is 1. The Hall–Kier alpha value is -6.33. The molecular weight excluding hydrogens is 601 g/mol. The first kappa shape index (κ1) is 28.9. The van der Waals surface area contributed by atoms with Crippen LogP contribution in [-0.2, 0) is 6.42 Å². The zero-order valence-corrected chi connectivity index (χ0v) is 27.0. The van der Waals surface area contributed by atoms with Gasteiger partial charge in [-0.3, -0.25) is 0 Å². The Bertz CT molecular complexity index is 2630. The summed E-state index contributed by atoms with van der Waals surface area (Å²) in [4.78, 5) is 15.2. The van der Waals surface area contributed by atoms with Gasteiger partial charge in [0.05, 0.1) is 0 Å². The SMILES string of the molecule is Cc1oc2c(ccc3cc(-c4ccc(-c5nc(-c6ccccc6)nc(-c6ccc7c(c6)CCC=C7)n5)c5ccccc45)ccc32)c1/C=C\N. The van der Waals surface area contributed by atoms with Gasteiger partial charge in [-0.1, -0.05) is 97.1 Å². The van der Waals surface area contributed by atoms with Gasteiger partial charge in [0, 0.05) is 33.0 Å². The first-order valence-corrected chi connectivity index (χ1v) is 16.6. The number of fused-ring (bicyclic) bond motifs is 5. The predicted octanol–water partition coefficient (Wildman–Crippen LogP) is 10.8. The number of furan rings is 1. The highest BCUT2D eigenvalue weighted by atomic mass is 16.3. The number of aryl methyl sites for hydroxylation is 2. The van der Waals surface area contributed by atoms with Crippen LogP contribution in [0.1, 0.15) is 28.9 Å². The molecule has 9 rings (SSSR count). The summed E-state index contributed by atoms with van der Waals surface area (Å²) < 4.78 is 6.23. The third kappa shape index (κ3) is 4.99. The molecule has 0 fully saturated rings. The molecule has 2 N–H and O–H groups in total. The van der Waals surface area contributed by atoms with Crippen molar-refractivity contribution in [3.05, 3.63) is 150 Å². The number of allylic oxidation sites excluding steroid dienone is 1. The quantitative estimate of drug-likeness (QED) is 0.204. The third-order valence-electron chi connectivity index (χ3n) is 9.58. The van der Waals surface area contributed by atoms with E-state index in [1.54, 1.807) is 6.20 Å². The van der Waals surface area contributed by atoms with E-state index in [9.17, 15) is 0 Å². The Morgan fingerprint density at radius 3 is 2.18 bits per heavy atom. The van der Waals surface area contributed by atoms with E-state index in [-0.39, 0.29) is 0 Å². The highest BCUT2D eigenvalue weighted by Gasteiger charge is 2.18. The summed E-state index contributed by atoms with van der Waals surface area (Å²) in [7, 11) is 0. The Morgan fingerprint density at radius 2 is 1.35 bits per heavy atom. The fraction of sp³-hybridized carbons (Fsp3) is 0.0682. The van der Waals surface area contributed by atoms with Crippen molar-refractivity contribution in [2.24, 2.45) is 5.73 Å². The molecule has 234 valence electrons. The first-order valence-electron chi connectivity index (χ1n) is 16.6. The highest BCUT2D eigenvalue weighted by Crippen LogP contribution is 2.39. The van der Waals surface area contributed by atoms with E-state index in [0.29, 0.717) is 17.5 Å². The van der Waals surface area contributed by atoms with Crippen LogP contribution in [0, 0.1) is 6.92 Å². The summed E-state index contributed by atoms with van der Waals surface area (Å²) in [5.41, 5.74) is 15.4. The molecule has 0 amide bonds. The molecule has 1 aliphatic carbocycles. The molecule has 0 bridgehead atoms. The molecule has 8 aromatic rings. The number of nitrogens with two attached hydrogens (primary N) is 1. The van der Waals surface area contributed by atoms with E-state index in [1.807, 2.05) is 31.2 Å². The predicted molar refractivity (Wildman–Crippen MR) is 202 cm³/mol. The van der Waals surface area contributed by atoms with Gasteiger partial charge in [0.2, 0.25) is 0 Å². The maximum Gasteiger partial charge on any atom is 0.164 e. The van der Waals surface area contributed by atoms with Crippen molar-refractivity contribution in [3.63, 3.8) is 0 Å². The molecule has 5 heteroatoms. The molecule has 0 atom stereocenters. The number of rotatable bonds is 5. The molecule has 2 aromatic heterocycles. The van der Waals surface area contributed by atoms with Crippen LogP contribution in [0.25, 0.3) is 90.0 Å². The second-order valence-electron chi connectivity index (χ2n) is 12.5. The molecule has 0 radical (unpaired) electrons. The molecule has 0 spiro atoms. The Kier molecular flexibility index (Phi) is 6.91. The summed E-state index contributed by atoms with van der Waals surface area (Å²) in [5.74, 6) is 2.84. The Morgan fingerprint density at radius 1 is 0.633 bits per heavy atom. The van der Waals surface area contributed by atoms with Crippen molar-refractivity contribution in [2.75, 3.05) is 0 Å². The fourth-order valence-corrected chi connectivity index (χ4v) is 7.15. The highest BCUT2D eigenvalue weighted by molar-refractivity contribution is 6.10. The lowest BCUT2D eigenvalue weighted by molar-refractivity contribution is 0.580. The van der Waals surface area contributed by atoms with Crippen LogP contribution in [-0.4, -0.2) is 15.0 Å². The van der Waals surface area contributed by atoms with Crippen LogP contribution >= 0.6 is 0 Å². The van der Waals surface area contributed by atoms with E-state index >= 15 is 0 Å². The van der Waals surface area contributed by atoms with Crippen LogP contribution in [0.5, 0.6) is 0 Å². The number of nitrogens with zero attached hydrogens (tertiary/aromatic N) is 3. The first-order chi connectivity index (χ1) is 24.1. The summed E-state index contributed by atoms with van der Waals surface area (Å²) in [6.07, 6.45) is 9.96. The maximum absolute atomic E-state index is 6.23. The third-order valence-corrected chi connectivity index (χ3v) is 9.58. The molecule has 0 saturated heterocycles. The van der Waals surface area contributed by atoms with E-state index in [0.717, 1.165) is 84.5 Å². The maximum atomic E-state index is 6.23. The lowest BCUT2D eigenvalue weighted by Crippen LogP contribution is -2.02. The average Bonchev–Trinajstić information content (AvgIpc) is 3.49. The van der Waals surface area contributed by atoms with Gasteiger partial charge in [-0.2, -0.15) is 0 Å². The van der Waals surface area contributed by atoms with E-state index in [1.165, 1.54) is 11.1 Å². The van der Waals surface area contributed by atoms with Gasteiger partial charge in [-0.25, -0.2) is 15.0 Å². The summed E-state index contributed by atoms with van der Waals surface area (Å²) >= 11 is 0. The van der Waals surface area contributed by atoms with E-state index in [2.05, 4.69) is 109 Å². The van der Waals surface area contributed by atoms with Crippen molar-refractivity contribution in [1.29, 1.82) is 0 Å². The van der Waals surface area contributed by atoms with Crippen molar-refractivity contribution < 1.29 is 4.42 Å². The topological polar surface area (TPSA) is 77.8 Å². The van der Waals surface area contributed by atoms with Gasteiger partial charge in [0.25, 0.3) is 0 Å². The van der Waals surface area contributed by atoms with Crippen LogP contribution in [0.15, 0.2) is 132 Å². The molecule has 0 unspecified atom stereocenters. The molecule has 49 heavy (non-hydrogen) atoms. The van der Waals surface area contributed by atoms with Gasteiger partial charge < -0.3 is 10.2 Å². The van der Waals surface area contributed by atoms with Crippen molar-refractivity contribution in [2.45, 2.75) is 19.8 Å². The van der Waals surface area contributed by atoms with Crippen molar-refractivity contribution in [3.8, 4) is 45.3 Å². The normalized spacial score (nSPS) is 12.8. The van der Waals surface area contributed by atoms with E-state index < -0.39 is 0 Å². The number of hydrogen-bond acceptors (Lipinski definition) is 5. The van der Waals surface area contributed by atoms with Crippen LogP contribution < -0.4 is 5.73 Å². The lowest BCUT2D eigenvalue weighted by Gasteiger charge is -2.15. The van der Waals surface area contributed by atoms with Gasteiger partial charge in [-0.15, -0.1) is 0 Å². The summed E-state index contributed by atoms with van der Waals surface area (Å²) in [5, 5.41) is 5.47. The second-order valence-corrected chi connectivity index (χ2v) is 12.5. The minimum atomic E-state index is 0.653. The minimum absolute atomic E-state index is 0.653. The van der Waals surface area contributed by atoms with Crippen molar-refractivity contribution >= 4 is 44.7 Å². The fourth-order valence-electron chi connectivity index (χ4n) is 7.15. The molecule has 2 heterocycles. The van der Waals surface area contributed by atoms with E-state index in [4.69, 9.17) is 25.1 Å². The Balaban J connectivity index is 1.19. The minimum Gasteiger partial charge on any atom is -0.460 e. The zero-order valence-electron chi connectivity index (χ0n) is 27.0. The van der Waals surface area contributed by atoms with Gasteiger partial charge in [-0.05, 0) is 101 Å². The van der Waals surface area contributed by atoms with Gasteiger partial charge >= 0.3 is 0 Å². The average molecular weight is 633 g/mol. The summed E-state index contributed by atoms with van der Waals surface area (Å²) in [6, 6.07) is 40.4. The largest absolute Gasteiger partial charge is 0.460 e. The monoisotopic (exact) mass is 632 g/mol. The number of benzene rings is 6. The van der Waals surface area contributed by atoms with Crippen LogP contribution in [0.2, 0.25) is 0 Å².